The van der Waals surface area contributed by atoms with Crippen LogP contribution in [0.5, 0.6) is 0 Å². The van der Waals surface area contributed by atoms with Crippen LogP contribution in [0, 0.1) is 0 Å². The zero-order valence-electron chi connectivity index (χ0n) is 23.0. The van der Waals surface area contributed by atoms with E-state index in [1.165, 1.54) is 0 Å². The van der Waals surface area contributed by atoms with E-state index in [0.717, 1.165) is 0 Å². The fourth-order valence-corrected chi connectivity index (χ4v) is 3.82. The molecular formula is C26H42N8O7. The van der Waals surface area contributed by atoms with Crippen LogP contribution in [0.4, 0.5) is 0 Å². The summed E-state index contributed by atoms with van der Waals surface area (Å²) in [5, 5.41) is 26.2. The molecule has 4 atom stereocenters. The minimum absolute atomic E-state index is 0.0347. The lowest BCUT2D eigenvalue weighted by Gasteiger charge is -2.25. The van der Waals surface area contributed by atoms with Crippen LogP contribution in [0.2, 0.25) is 0 Å². The van der Waals surface area contributed by atoms with Gasteiger partial charge >= 0.3 is 11.9 Å². The van der Waals surface area contributed by atoms with Crippen molar-refractivity contribution in [3.8, 4) is 0 Å². The molecule has 41 heavy (non-hydrogen) atoms. The minimum atomic E-state index is -1.40. The number of benzene rings is 1. The highest BCUT2D eigenvalue weighted by molar-refractivity contribution is 5.94. The number of hydrogen-bond donors (Lipinski definition) is 9. The highest BCUT2D eigenvalue weighted by atomic mass is 16.4. The normalized spacial score (nSPS) is 13.6. The molecular weight excluding hydrogens is 536 g/mol. The van der Waals surface area contributed by atoms with Crippen LogP contribution in [0.25, 0.3) is 0 Å². The number of carboxylic acids is 2. The number of carboxylic acid groups (broad SMARTS) is 2. The second-order valence-electron chi connectivity index (χ2n) is 9.48. The standard InChI is InChI=1S/C26H42N8O7/c27-13-5-4-9-17(28)22(37)32-18(10-6-14-31-26(29)30)23(38)33-19(11-12-21(35)36)24(39)34-20(25(40)41)15-16-7-2-1-3-8-16/h1-3,7-8,17-20H,4-6,9-15,27-28H2,(H,32,37)(H,33,38)(H,34,39)(H,35,36)(H,40,41)(H4,29,30,31). The molecule has 228 valence electrons. The fourth-order valence-electron chi connectivity index (χ4n) is 3.82. The van der Waals surface area contributed by atoms with Crippen molar-refractivity contribution in [2.24, 2.45) is 27.9 Å². The first kappa shape index (κ1) is 34.8. The molecule has 0 spiro atoms. The monoisotopic (exact) mass is 578 g/mol. The van der Waals surface area contributed by atoms with E-state index >= 15 is 0 Å². The summed E-state index contributed by atoms with van der Waals surface area (Å²) in [7, 11) is 0. The van der Waals surface area contributed by atoms with Gasteiger partial charge in [0.25, 0.3) is 0 Å². The predicted molar refractivity (Wildman–Crippen MR) is 151 cm³/mol. The van der Waals surface area contributed by atoms with Crippen molar-refractivity contribution in [2.45, 2.75) is 75.5 Å². The van der Waals surface area contributed by atoms with Crippen LogP contribution >= 0.6 is 0 Å². The Morgan fingerprint density at radius 2 is 1.37 bits per heavy atom. The summed E-state index contributed by atoms with van der Waals surface area (Å²) in [6.07, 6.45) is 1.13. The van der Waals surface area contributed by atoms with Gasteiger partial charge in [-0.1, -0.05) is 36.8 Å². The summed E-state index contributed by atoms with van der Waals surface area (Å²) in [6, 6.07) is 3.79. The van der Waals surface area contributed by atoms with Gasteiger partial charge in [-0.15, -0.1) is 0 Å². The van der Waals surface area contributed by atoms with Crippen LogP contribution in [0.3, 0.4) is 0 Å². The summed E-state index contributed by atoms with van der Waals surface area (Å²) in [6.45, 7) is 0.602. The van der Waals surface area contributed by atoms with Crippen LogP contribution < -0.4 is 38.9 Å². The number of carbonyl (C=O) groups is 5. The van der Waals surface area contributed by atoms with Crippen LogP contribution in [0.15, 0.2) is 35.3 Å². The van der Waals surface area contributed by atoms with Gasteiger partial charge in [-0.2, -0.15) is 0 Å². The van der Waals surface area contributed by atoms with E-state index in [9.17, 15) is 29.1 Å². The first-order chi connectivity index (χ1) is 19.4. The third kappa shape index (κ3) is 14.6. The summed E-state index contributed by atoms with van der Waals surface area (Å²) in [4.78, 5) is 65.9. The number of unbranched alkanes of at least 4 members (excludes halogenated alkanes) is 1. The molecule has 0 saturated heterocycles. The molecule has 1 aromatic carbocycles. The van der Waals surface area contributed by atoms with Crippen molar-refractivity contribution in [1.82, 2.24) is 16.0 Å². The van der Waals surface area contributed by atoms with E-state index in [1.807, 2.05) is 0 Å². The van der Waals surface area contributed by atoms with Gasteiger partial charge < -0.3 is 49.1 Å². The number of nitrogens with zero attached hydrogens (tertiary/aromatic N) is 1. The minimum Gasteiger partial charge on any atom is -0.481 e. The number of hydrogen-bond acceptors (Lipinski definition) is 8. The van der Waals surface area contributed by atoms with Crippen molar-refractivity contribution < 1.29 is 34.2 Å². The molecule has 15 heteroatoms. The summed E-state index contributed by atoms with van der Waals surface area (Å²) >= 11 is 0. The molecule has 1 rings (SSSR count). The number of aliphatic imine (C=N–C) groups is 1. The molecule has 0 bridgehead atoms. The van der Waals surface area contributed by atoms with E-state index in [1.54, 1.807) is 30.3 Å². The highest BCUT2D eigenvalue weighted by Gasteiger charge is 2.30. The fraction of sp³-hybridized carbons (Fsp3) is 0.538. The van der Waals surface area contributed by atoms with Crippen LogP contribution in [-0.4, -0.2) is 83.1 Å². The third-order valence-corrected chi connectivity index (χ3v) is 6.06. The summed E-state index contributed by atoms with van der Waals surface area (Å²) in [5.74, 6) is -4.93. The molecule has 0 saturated carbocycles. The maximum atomic E-state index is 13.2. The quantitative estimate of drug-likeness (QED) is 0.0470. The molecule has 0 aliphatic rings. The number of aliphatic carboxylic acids is 2. The zero-order chi connectivity index (χ0) is 30.8. The molecule has 15 nitrogen and oxygen atoms in total. The average molecular weight is 579 g/mol. The van der Waals surface area contributed by atoms with Crippen molar-refractivity contribution in [3.05, 3.63) is 35.9 Å². The molecule has 0 aromatic heterocycles. The Morgan fingerprint density at radius 1 is 0.780 bits per heavy atom. The smallest absolute Gasteiger partial charge is 0.326 e. The van der Waals surface area contributed by atoms with Gasteiger partial charge in [0.2, 0.25) is 17.7 Å². The lowest BCUT2D eigenvalue weighted by atomic mass is 10.0. The number of nitrogens with one attached hydrogen (secondary N) is 3. The zero-order valence-corrected chi connectivity index (χ0v) is 23.0. The Kier molecular flexibility index (Phi) is 16.1. The number of nitrogens with two attached hydrogens (primary N) is 4. The van der Waals surface area contributed by atoms with E-state index in [-0.39, 0.29) is 38.2 Å². The molecule has 0 aliphatic carbocycles. The first-order valence-corrected chi connectivity index (χ1v) is 13.3. The van der Waals surface area contributed by atoms with Gasteiger partial charge in [0, 0.05) is 19.4 Å². The average Bonchev–Trinajstić information content (AvgIpc) is 2.92. The summed E-state index contributed by atoms with van der Waals surface area (Å²) in [5.41, 5.74) is 22.7. The number of guanidine groups is 1. The first-order valence-electron chi connectivity index (χ1n) is 13.3. The van der Waals surface area contributed by atoms with Crippen molar-refractivity contribution in [2.75, 3.05) is 13.1 Å². The molecule has 1 aromatic rings. The number of carbonyl (C=O) groups excluding carboxylic acids is 3. The second-order valence-corrected chi connectivity index (χ2v) is 9.48. The Labute approximate surface area is 238 Å². The Hall–Kier alpha value is -4.24. The SMILES string of the molecule is NCCCCC(N)C(=O)NC(CCCN=C(N)N)C(=O)NC(CCC(=O)O)C(=O)NC(Cc1ccccc1)C(=O)O. The number of rotatable bonds is 20. The summed E-state index contributed by atoms with van der Waals surface area (Å²) < 4.78 is 0. The lowest BCUT2D eigenvalue weighted by molar-refractivity contribution is -0.143. The molecule has 0 aliphatic heterocycles. The molecule has 0 heterocycles. The Morgan fingerprint density at radius 3 is 1.93 bits per heavy atom. The van der Waals surface area contributed by atoms with E-state index in [4.69, 9.17) is 28.0 Å². The molecule has 0 fully saturated rings. The third-order valence-electron chi connectivity index (χ3n) is 6.06. The topological polar surface area (TPSA) is 278 Å². The number of amides is 3. The molecule has 0 radical (unpaired) electrons. The van der Waals surface area contributed by atoms with E-state index in [0.29, 0.717) is 31.4 Å². The van der Waals surface area contributed by atoms with Crippen LogP contribution in [-0.2, 0) is 30.4 Å². The van der Waals surface area contributed by atoms with Gasteiger partial charge in [-0.3, -0.25) is 24.2 Å². The van der Waals surface area contributed by atoms with Crippen molar-refractivity contribution >= 4 is 35.6 Å². The molecule has 4 unspecified atom stereocenters. The Balaban J connectivity index is 3.05. The van der Waals surface area contributed by atoms with Gasteiger partial charge in [0.1, 0.15) is 18.1 Å². The van der Waals surface area contributed by atoms with E-state index < -0.39 is 60.2 Å². The van der Waals surface area contributed by atoms with Gasteiger partial charge in [0.05, 0.1) is 6.04 Å². The lowest BCUT2D eigenvalue weighted by Crippen LogP contribution is -2.57. The largest absolute Gasteiger partial charge is 0.481 e. The highest BCUT2D eigenvalue weighted by Crippen LogP contribution is 2.08. The van der Waals surface area contributed by atoms with E-state index in [2.05, 4.69) is 20.9 Å². The van der Waals surface area contributed by atoms with Gasteiger partial charge in [-0.05, 0) is 44.2 Å². The van der Waals surface area contributed by atoms with Crippen LogP contribution in [0.1, 0.15) is 50.5 Å². The van der Waals surface area contributed by atoms with Gasteiger partial charge in [0.15, 0.2) is 5.96 Å². The maximum absolute atomic E-state index is 13.2. The Bertz CT molecular complexity index is 1030. The predicted octanol–water partition coefficient (Wildman–Crippen LogP) is -1.86. The second kappa shape index (κ2) is 18.9. The molecule has 13 N–H and O–H groups in total. The van der Waals surface area contributed by atoms with Crippen molar-refractivity contribution in [3.63, 3.8) is 0 Å². The van der Waals surface area contributed by atoms with Gasteiger partial charge in [-0.25, -0.2) is 4.79 Å². The maximum Gasteiger partial charge on any atom is 0.326 e. The molecule has 3 amide bonds. The van der Waals surface area contributed by atoms with Crippen molar-refractivity contribution in [1.29, 1.82) is 0 Å².